The van der Waals surface area contributed by atoms with E-state index in [0.717, 1.165) is 34.6 Å². The van der Waals surface area contributed by atoms with E-state index in [-0.39, 0.29) is 6.42 Å². The van der Waals surface area contributed by atoms with Crippen molar-refractivity contribution in [2.24, 2.45) is 5.92 Å². The monoisotopic (exact) mass is 546 g/mol. The van der Waals surface area contributed by atoms with Gasteiger partial charge in [0.05, 0.1) is 12.0 Å². The Morgan fingerprint density at radius 2 is 1.29 bits per heavy atom. The molecule has 0 aromatic heterocycles. The van der Waals surface area contributed by atoms with Crippen LogP contribution in [0.2, 0.25) is 0 Å². The lowest BCUT2D eigenvalue weighted by molar-refractivity contribution is -0.332. The Balaban J connectivity index is 2.01. The fourth-order valence-corrected chi connectivity index (χ4v) is 4.69. The molecule has 0 unspecified atom stereocenters. The van der Waals surface area contributed by atoms with Crippen LogP contribution >= 0.6 is 0 Å². The first-order chi connectivity index (χ1) is 17.8. The number of carbonyl (C=O) groups excluding carboxylic acids is 6. The zero-order chi connectivity index (χ0) is 28.3. The zero-order valence-corrected chi connectivity index (χ0v) is 21.4. The minimum atomic E-state index is -1.65. The summed E-state index contributed by atoms with van der Waals surface area (Å²) in [6.45, 7) is 4.93. The number of hydrogen-bond acceptors (Lipinski definition) is 15. The standard InChI is InChI=1S/C23H30O15/c1-8(24)31-7-15-18(33-10(3)26)20(34-11(4)27)21(35-12(5)28)23(37-15)38-19-16(29)13-6-14(36-22(13)30)17(19)32-9(2)25/h13-21,23,29H,6-7H2,1-5H3/t13-,14+,15-,16+,17-,18-,19-,20+,21-,23+/m1/s1. The first kappa shape index (κ1) is 29.3. The summed E-state index contributed by atoms with van der Waals surface area (Å²) in [5.41, 5.74) is 0. The van der Waals surface area contributed by atoms with Crippen LogP contribution in [0, 0.1) is 5.92 Å². The van der Waals surface area contributed by atoms with Gasteiger partial charge in [0.2, 0.25) is 0 Å². The van der Waals surface area contributed by atoms with Gasteiger partial charge in [0.25, 0.3) is 0 Å². The second-order valence-corrected chi connectivity index (χ2v) is 9.05. The molecule has 0 spiro atoms. The molecule has 38 heavy (non-hydrogen) atoms. The van der Waals surface area contributed by atoms with Gasteiger partial charge in [-0.2, -0.15) is 0 Å². The summed E-state index contributed by atoms with van der Waals surface area (Å²) in [5.74, 6) is -5.68. The van der Waals surface area contributed by atoms with Gasteiger partial charge < -0.3 is 43.0 Å². The number of aliphatic hydroxyl groups is 1. The van der Waals surface area contributed by atoms with Crippen LogP contribution in [0.1, 0.15) is 41.0 Å². The molecule has 212 valence electrons. The van der Waals surface area contributed by atoms with E-state index in [9.17, 15) is 33.9 Å². The number of esters is 6. The Morgan fingerprint density at radius 1 is 0.763 bits per heavy atom. The maximum Gasteiger partial charge on any atom is 0.312 e. The average molecular weight is 546 g/mol. The zero-order valence-electron chi connectivity index (χ0n) is 21.4. The highest BCUT2D eigenvalue weighted by molar-refractivity contribution is 5.76. The molecule has 0 aromatic rings. The van der Waals surface area contributed by atoms with Crippen LogP contribution in [-0.4, -0.2) is 103 Å². The van der Waals surface area contributed by atoms with E-state index in [1.54, 1.807) is 0 Å². The number of carbonyl (C=O) groups is 6. The first-order valence-electron chi connectivity index (χ1n) is 11.8. The minimum absolute atomic E-state index is 0.0659. The largest absolute Gasteiger partial charge is 0.463 e. The summed E-state index contributed by atoms with van der Waals surface area (Å²) < 4.78 is 43.4. The summed E-state index contributed by atoms with van der Waals surface area (Å²) in [7, 11) is 0. The summed E-state index contributed by atoms with van der Waals surface area (Å²) >= 11 is 0. The molecule has 1 N–H and O–H groups in total. The van der Waals surface area contributed by atoms with Gasteiger partial charge in [-0.15, -0.1) is 0 Å². The van der Waals surface area contributed by atoms with Crippen molar-refractivity contribution in [1.29, 1.82) is 0 Å². The number of hydrogen-bond donors (Lipinski definition) is 1. The Kier molecular flexibility index (Phi) is 9.27. The second-order valence-electron chi connectivity index (χ2n) is 9.05. The molecule has 2 bridgehead atoms. The van der Waals surface area contributed by atoms with E-state index < -0.39 is 103 Å². The maximum absolute atomic E-state index is 12.2. The fourth-order valence-electron chi connectivity index (χ4n) is 4.69. The summed E-state index contributed by atoms with van der Waals surface area (Å²) in [4.78, 5) is 71.3. The van der Waals surface area contributed by atoms with Gasteiger partial charge in [0, 0.05) is 41.0 Å². The molecule has 1 saturated carbocycles. The highest BCUT2D eigenvalue weighted by atomic mass is 16.7. The van der Waals surface area contributed by atoms with Gasteiger partial charge in [-0.25, -0.2) is 0 Å². The van der Waals surface area contributed by atoms with Crippen molar-refractivity contribution in [3.05, 3.63) is 0 Å². The molecule has 2 saturated heterocycles. The predicted molar refractivity (Wildman–Crippen MR) is 116 cm³/mol. The van der Waals surface area contributed by atoms with Crippen LogP contribution in [0.4, 0.5) is 0 Å². The van der Waals surface area contributed by atoms with Crippen LogP contribution in [-0.2, 0) is 66.7 Å². The van der Waals surface area contributed by atoms with Crippen LogP contribution in [0.3, 0.4) is 0 Å². The Labute approximate surface area is 216 Å². The molecular formula is C23H30O15. The molecule has 3 fully saturated rings. The normalized spacial score (nSPS) is 35.9. The van der Waals surface area contributed by atoms with Gasteiger partial charge in [0.1, 0.15) is 24.9 Å². The van der Waals surface area contributed by atoms with E-state index in [1.165, 1.54) is 0 Å². The number of ether oxygens (including phenoxy) is 8. The quantitative estimate of drug-likeness (QED) is 0.278. The number of fused-ring (bicyclic) bond motifs is 2. The van der Waals surface area contributed by atoms with E-state index in [0.29, 0.717) is 0 Å². The molecule has 15 heteroatoms. The van der Waals surface area contributed by atoms with Gasteiger partial charge in [0.15, 0.2) is 30.7 Å². The van der Waals surface area contributed by atoms with Crippen LogP contribution in [0.25, 0.3) is 0 Å². The summed E-state index contributed by atoms with van der Waals surface area (Å²) in [6.07, 6.45) is -12.5. The highest BCUT2D eigenvalue weighted by Crippen LogP contribution is 2.40. The van der Waals surface area contributed by atoms with Crippen molar-refractivity contribution in [3.8, 4) is 0 Å². The van der Waals surface area contributed by atoms with Gasteiger partial charge in [-0.1, -0.05) is 0 Å². The third kappa shape index (κ3) is 6.76. The van der Waals surface area contributed by atoms with Crippen LogP contribution in [0.5, 0.6) is 0 Å². The fraction of sp³-hybridized carbons (Fsp3) is 0.739. The maximum atomic E-state index is 12.2. The number of rotatable bonds is 8. The molecule has 1 aliphatic carbocycles. The molecule has 2 aliphatic heterocycles. The highest BCUT2D eigenvalue weighted by Gasteiger charge is 2.59. The second kappa shape index (κ2) is 12.0. The van der Waals surface area contributed by atoms with Crippen molar-refractivity contribution in [1.82, 2.24) is 0 Å². The van der Waals surface area contributed by atoms with E-state index in [2.05, 4.69) is 0 Å². The van der Waals surface area contributed by atoms with Crippen molar-refractivity contribution in [2.75, 3.05) is 6.61 Å². The average Bonchev–Trinajstić information content (AvgIpc) is 3.14. The lowest BCUT2D eigenvalue weighted by Gasteiger charge is -2.46. The van der Waals surface area contributed by atoms with Crippen molar-refractivity contribution in [2.45, 2.75) is 96.2 Å². The van der Waals surface area contributed by atoms with E-state index >= 15 is 0 Å². The Bertz CT molecular complexity index is 962. The molecule has 10 atom stereocenters. The lowest BCUT2D eigenvalue weighted by Crippen LogP contribution is -2.65. The molecular weight excluding hydrogens is 516 g/mol. The SMILES string of the molecule is CC(=O)OC[C@H]1O[C@@H](O[C@@H]2[C@@H](O)[C@H]3C[C@H](OC3=O)[C@H]2OC(C)=O)[C@H](OC(C)=O)[C@@H](OC(C)=O)[C@@H]1OC(C)=O. The van der Waals surface area contributed by atoms with Gasteiger partial charge in [-0.05, 0) is 0 Å². The van der Waals surface area contributed by atoms with Gasteiger partial charge in [-0.3, -0.25) is 28.8 Å². The Hall–Kier alpha value is -3.30. The number of aliphatic hydroxyl groups excluding tert-OH is 1. The van der Waals surface area contributed by atoms with E-state index in [4.69, 9.17) is 37.9 Å². The molecule has 0 amide bonds. The van der Waals surface area contributed by atoms with Gasteiger partial charge >= 0.3 is 35.8 Å². The molecule has 2 heterocycles. The summed E-state index contributed by atoms with van der Waals surface area (Å²) in [5, 5.41) is 10.9. The molecule has 3 aliphatic rings. The van der Waals surface area contributed by atoms with E-state index in [1.807, 2.05) is 0 Å². The van der Waals surface area contributed by atoms with Crippen molar-refractivity contribution in [3.63, 3.8) is 0 Å². The topological polar surface area (TPSA) is 196 Å². The lowest BCUT2D eigenvalue weighted by atomic mass is 9.83. The predicted octanol–water partition coefficient (Wildman–Crippen LogP) is -1.31. The molecule has 3 rings (SSSR count). The van der Waals surface area contributed by atoms with Crippen LogP contribution in [0.15, 0.2) is 0 Å². The molecule has 15 nitrogen and oxygen atoms in total. The third-order valence-corrected chi connectivity index (χ3v) is 6.04. The first-order valence-corrected chi connectivity index (χ1v) is 11.8. The Morgan fingerprint density at radius 3 is 1.84 bits per heavy atom. The van der Waals surface area contributed by atoms with Crippen molar-refractivity contribution < 1.29 is 71.8 Å². The minimum Gasteiger partial charge on any atom is -0.463 e. The smallest absolute Gasteiger partial charge is 0.312 e. The van der Waals surface area contributed by atoms with Crippen LogP contribution < -0.4 is 0 Å². The summed E-state index contributed by atoms with van der Waals surface area (Å²) in [6, 6.07) is 0. The van der Waals surface area contributed by atoms with Crippen molar-refractivity contribution >= 4 is 35.8 Å². The third-order valence-electron chi connectivity index (χ3n) is 6.04. The molecule has 0 radical (unpaired) electrons. The molecule has 0 aromatic carbocycles.